The molecule has 0 spiro atoms. The number of hydrogen-bond donors (Lipinski definition) is 2. The van der Waals surface area contributed by atoms with Gasteiger partial charge in [0.25, 0.3) is 5.69 Å². The highest BCUT2D eigenvalue weighted by molar-refractivity contribution is 5.81. The van der Waals surface area contributed by atoms with Crippen LogP contribution in [0.3, 0.4) is 0 Å². The Balaban J connectivity index is 1.37. The molecule has 3 heterocycles. The van der Waals surface area contributed by atoms with Gasteiger partial charge in [-0.3, -0.25) is 15.5 Å². The van der Waals surface area contributed by atoms with E-state index in [9.17, 15) is 14.5 Å². The molecule has 0 aliphatic carbocycles. The van der Waals surface area contributed by atoms with Crippen LogP contribution in [-0.2, 0) is 0 Å². The Morgan fingerprint density at radius 1 is 1.06 bits per heavy atom. The lowest BCUT2D eigenvalue weighted by atomic mass is 10.1. The fourth-order valence-corrected chi connectivity index (χ4v) is 3.19. The zero-order valence-electron chi connectivity index (χ0n) is 18.4. The van der Waals surface area contributed by atoms with Crippen LogP contribution in [0.5, 0.6) is 5.75 Å². The number of nitro groups is 1. The van der Waals surface area contributed by atoms with Crippen molar-refractivity contribution in [1.82, 2.24) is 20.3 Å². The molecular formula is C22H15FN8O5. The van der Waals surface area contributed by atoms with E-state index in [-0.39, 0.29) is 34.4 Å². The third kappa shape index (κ3) is 4.63. The minimum atomic E-state index is -0.507. The lowest BCUT2D eigenvalue weighted by Gasteiger charge is -2.09. The van der Waals surface area contributed by atoms with Gasteiger partial charge in [-0.1, -0.05) is 0 Å². The summed E-state index contributed by atoms with van der Waals surface area (Å²) in [6.45, 7) is 0. The number of halogens is 1. The van der Waals surface area contributed by atoms with E-state index < -0.39 is 4.92 Å². The third-order valence-corrected chi connectivity index (χ3v) is 4.87. The summed E-state index contributed by atoms with van der Waals surface area (Å²) in [6, 6.07) is 13.2. The molecule has 0 amide bonds. The molecule has 0 saturated carbocycles. The first kappa shape index (κ1) is 22.4. The third-order valence-electron chi connectivity index (χ3n) is 4.87. The van der Waals surface area contributed by atoms with Crippen LogP contribution in [0.25, 0.3) is 22.6 Å². The van der Waals surface area contributed by atoms with Crippen LogP contribution in [0.15, 0.2) is 68.7 Å². The predicted molar refractivity (Wildman–Crippen MR) is 126 cm³/mol. The van der Waals surface area contributed by atoms with Crippen LogP contribution in [0.2, 0.25) is 0 Å². The number of anilines is 3. The summed E-state index contributed by atoms with van der Waals surface area (Å²) in [7, 11) is 1.41. The van der Waals surface area contributed by atoms with Crippen LogP contribution >= 0.6 is 0 Å². The van der Waals surface area contributed by atoms with Crippen molar-refractivity contribution in [3.05, 3.63) is 76.3 Å². The molecule has 2 N–H and O–H groups in total. The number of methoxy groups -OCH3 is 1. The second kappa shape index (κ2) is 9.46. The molecule has 0 aliphatic heterocycles. The van der Waals surface area contributed by atoms with Gasteiger partial charge in [0.2, 0.25) is 11.3 Å². The van der Waals surface area contributed by atoms with Crippen molar-refractivity contribution in [1.29, 1.82) is 0 Å². The quantitative estimate of drug-likeness (QED) is 0.178. The molecule has 0 atom stereocenters. The fourth-order valence-electron chi connectivity index (χ4n) is 3.19. The number of nitrogens with zero attached hydrogens (tertiary/aromatic N) is 6. The molecule has 0 unspecified atom stereocenters. The smallest absolute Gasteiger partial charge is 0.273 e. The van der Waals surface area contributed by atoms with Gasteiger partial charge < -0.3 is 14.5 Å². The first-order valence-electron chi connectivity index (χ1n) is 10.2. The number of nitrogens with one attached hydrogen (secondary N) is 2. The van der Waals surface area contributed by atoms with Crippen molar-refractivity contribution in [3.8, 4) is 17.1 Å². The van der Waals surface area contributed by atoms with Gasteiger partial charge in [0.1, 0.15) is 23.1 Å². The number of non-ortho nitro benzene ring substituents is 1. The molecule has 2 aromatic carbocycles. The first-order chi connectivity index (χ1) is 17.5. The van der Waals surface area contributed by atoms with Crippen molar-refractivity contribution in [2.75, 3.05) is 17.9 Å². The van der Waals surface area contributed by atoms with Crippen LogP contribution in [0.4, 0.5) is 27.4 Å². The summed E-state index contributed by atoms with van der Waals surface area (Å²) < 4.78 is 29.0. The average Bonchev–Trinajstić information content (AvgIpc) is 3.54. The van der Waals surface area contributed by atoms with E-state index in [1.807, 2.05) is 0 Å². The molecule has 0 fully saturated rings. The molecule has 180 valence electrons. The van der Waals surface area contributed by atoms with Gasteiger partial charge in [0.05, 0.1) is 29.9 Å². The molecule has 0 saturated heterocycles. The standard InChI is InChI=1S/C22H15FN8O5/c1-34-18-10-14(31(32)33)6-8-16(18)17-9-7-15(35-17)11-24-28-20-19(25-13-4-2-12(23)3-5-13)26-21-22(27-20)30-36-29-21/h2-11H,1H3,(H,25,26,29)(H,27,28,30)/b24-11+. The van der Waals surface area contributed by atoms with Gasteiger partial charge in [0, 0.05) is 11.8 Å². The Hall–Kier alpha value is -5.40. The van der Waals surface area contributed by atoms with Gasteiger partial charge in [0.15, 0.2) is 11.6 Å². The molecule has 36 heavy (non-hydrogen) atoms. The molecule has 3 aromatic heterocycles. The van der Waals surface area contributed by atoms with Crippen LogP contribution in [0, 0.1) is 15.9 Å². The van der Waals surface area contributed by atoms with E-state index >= 15 is 0 Å². The summed E-state index contributed by atoms with van der Waals surface area (Å²) in [5.41, 5.74) is 4.08. The fraction of sp³-hybridized carbons (Fsp3) is 0.0455. The van der Waals surface area contributed by atoms with Crippen molar-refractivity contribution in [2.24, 2.45) is 5.10 Å². The average molecular weight is 490 g/mol. The van der Waals surface area contributed by atoms with Crippen LogP contribution in [-0.4, -0.2) is 38.5 Å². The summed E-state index contributed by atoms with van der Waals surface area (Å²) in [6.07, 6.45) is 1.40. The summed E-state index contributed by atoms with van der Waals surface area (Å²) in [5.74, 6) is 1.16. The number of ether oxygens (including phenoxy) is 1. The van der Waals surface area contributed by atoms with Gasteiger partial charge in [-0.05, 0) is 52.8 Å². The maximum Gasteiger partial charge on any atom is 0.273 e. The number of benzene rings is 2. The van der Waals surface area contributed by atoms with E-state index in [2.05, 4.69) is 40.8 Å². The number of furan rings is 1. The number of hydrazone groups is 1. The molecule has 14 heteroatoms. The Labute approximate surface area is 200 Å². The number of fused-ring (bicyclic) bond motifs is 1. The molecule has 0 bridgehead atoms. The molecule has 0 radical (unpaired) electrons. The minimum Gasteiger partial charge on any atom is -0.496 e. The van der Waals surface area contributed by atoms with Crippen molar-refractivity contribution in [3.63, 3.8) is 0 Å². The summed E-state index contributed by atoms with van der Waals surface area (Å²) in [4.78, 5) is 19.1. The maximum atomic E-state index is 13.2. The normalized spacial score (nSPS) is 11.2. The Kier molecular flexibility index (Phi) is 5.88. The first-order valence-corrected chi connectivity index (χ1v) is 10.2. The second-order valence-corrected chi connectivity index (χ2v) is 7.18. The number of rotatable bonds is 8. The minimum absolute atomic E-state index is 0.0985. The Morgan fingerprint density at radius 2 is 1.81 bits per heavy atom. The van der Waals surface area contributed by atoms with Crippen molar-refractivity contribution in [2.45, 2.75) is 0 Å². The van der Waals surface area contributed by atoms with Gasteiger partial charge >= 0.3 is 0 Å². The van der Waals surface area contributed by atoms with Gasteiger partial charge in [-0.25, -0.2) is 14.0 Å². The number of hydrogen-bond acceptors (Lipinski definition) is 12. The van der Waals surface area contributed by atoms with E-state index in [0.717, 1.165) is 0 Å². The highest BCUT2D eigenvalue weighted by Gasteiger charge is 2.16. The maximum absolute atomic E-state index is 13.2. The SMILES string of the molecule is COc1cc([N+](=O)[O-])ccc1-c1ccc(/C=N/Nc2nc3nonc3nc2Nc2ccc(F)cc2)o1. The second-order valence-electron chi connectivity index (χ2n) is 7.18. The number of aromatic nitrogens is 4. The molecule has 5 aromatic rings. The van der Waals surface area contributed by atoms with Gasteiger partial charge in [-0.15, -0.1) is 0 Å². The van der Waals surface area contributed by atoms with E-state index in [0.29, 0.717) is 28.5 Å². The highest BCUT2D eigenvalue weighted by Crippen LogP contribution is 2.34. The van der Waals surface area contributed by atoms with E-state index in [1.165, 1.54) is 49.7 Å². The lowest BCUT2D eigenvalue weighted by molar-refractivity contribution is -0.384. The zero-order valence-corrected chi connectivity index (χ0v) is 18.4. The molecule has 5 rings (SSSR count). The lowest BCUT2D eigenvalue weighted by Crippen LogP contribution is -2.03. The van der Waals surface area contributed by atoms with Crippen LogP contribution in [0.1, 0.15) is 5.76 Å². The Bertz CT molecular complexity index is 1580. The Morgan fingerprint density at radius 3 is 2.53 bits per heavy atom. The molecule has 13 nitrogen and oxygen atoms in total. The van der Waals surface area contributed by atoms with Gasteiger partial charge in [-0.2, -0.15) is 10.1 Å². The van der Waals surface area contributed by atoms with E-state index in [4.69, 9.17) is 9.15 Å². The summed E-state index contributed by atoms with van der Waals surface area (Å²) >= 11 is 0. The molecular weight excluding hydrogens is 475 g/mol. The summed E-state index contributed by atoms with van der Waals surface area (Å²) in [5, 5.41) is 25.5. The molecule has 0 aliphatic rings. The van der Waals surface area contributed by atoms with Crippen molar-refractivity contribution >= 4 is 40.5 Å². The van der Waals surface area contributed by atoms with Crippen LogP contribution < -0.4 is 15.5 Å². The predicted octanol–water partition coefficient (Wildman–Crippen LogP) is 4.52. The van der Waals surface area contributed by atoms with Crippen molar-refractivity contribution < 1.29 is 23.1 Å². The highest BCUT2D eigenvalue weighted by atomic mass is 19.1. The largest absolute Gasteiger partial charge is 0.496 e. The van der Waals surface area contributed by atoms with E-state index in [1.54, 1.807) is 18.2 Å². The number of nitro benzene ring substituents is 1. The zero-order chi connectivity index (χ0) is 25.1. The monoisotopic (exact) mass is 490 g/mol. The topological polar surface area (TPSA) is 167 Å².